The van der Waals surface area contributed by atoms with Crippen molar-refractivity contribution in [2.45, 2.75) is 13.8 Å². The molecule has 0 fully saturated rings. The average molecular weight is 388 g/mol. The molecule has 0 saturated carbocycles. The molecule has 0 aliphatic carbocycles. The van der Waals surface area contributed by atoms with E-state index in [9.17, 15) is 0 Å². The van der Waals surface area contributed by atoms with Crippen LogP contribution >= 0.6 is 11.5 Å². The number of nitrogens with two attached hydrogens (primary N) is 1. The minimum absolute atomic E-state index is 0.438. The number of rotatable bonds is 3. The minimum atomic E-state index is 0.438. The maximum absolute atomic E-state index is 6.01. The van der Waals surface area contributed by atoms with E-state index in [2.05, 4.69) is 30.7 Å². The maximum atomic E-state index is 6.01. The lowest BCUT2D eigenvalue weighted by molar-refractivity contribution is 0.620. The van der Waals surface area contributed by atoms with E-state index in [1.165, 1.54) is 17.9 Å². The second kappa shape index (κ2) is 6.28. The minimum Gasteiger partial charge on any atom is -0.423 e. The molecule has 138 valence electrons. The summed E-state index contributed by atoms with van der Waals surface area (Å²) in [7, 11) is 0. The van der Waals surface area contributed by atoms with Crippen molar-refractivity contribution in [3.8, 4) is 11.3 Å². The van der Waals surface area contributed by atoms with Crippen LogP contribution in [0.1, 0.15) is 11.1 Å². The van der Waals surface area contributed by atoms with Crippen LogP contribution in [0.3, 0.4) is 0 Å². The van der Waals surface area contributed by atoms with Gasteiger partial charge >= 0.3 is 0 Å². The van der Waals surface area contributed by atoms with E-state index in [1.807, 2.05) is 44.2 Å². The smallest absolute Gasteiger partial charge is 0.300 e. The first-order chi connectivity index (χ1) is 13.6. The standard InChI is InChI=1S/C20H16N6OS/c1-10-7-11(2)17-14(8-10)25-20(27-17)24-13-5-3-12(4-6-13)16-15-18(21)22-9-23-19(15)28-26-16/h3-9H,1-2H3,(H,24,25)(H2,21,22,23). The number of oxazole rings is 1. The number of nitrogens with zero attached hydrogens (tertiary/aromatic N) is 4. The molecule has 5 rings (SSSR count). The van der Waals surface area contributed by atoms with Crippen LogP contribution < -0.4 is 11.1 Å². The van der Waals surface area contributed by atoms with Gasteiger partial charge in [-0.25, -0.2) is 9.97 Å². The lowest BCUT2D eigenvalue weighted by atomic mass is 10.1. The summed E-state index contributed by atoms with van der Waals surface area (Å²) >= 11 is 1.31. The molecule has 3 N–H and O–H groups in total. The van der Waals surface area contributed by atoms with Gasteiger partial charge in [-0.1, -0.05) is 18.2 Å². The normalized spacial score (nSPS) is 11.4. The highest BCUT2D eigenvalue weighted by Crippen LogP contribution is 2.33. The maximum Gasteiger partial charge on any atom is 0.300 e. The predicted octanol–water partition coefficient (Wildman–Crippen LogP) is 4.84. The zero-order valence-electron chi connectivity index (χ0n) is 15.2. The van der Waals surface area contributed by atoms with Crippen LogP contribution in [0.25, 0.3) is 32.6 Å². The Morgan fingerprint density at radius 1 is 1.07 bits per heavy atom. The first-order valence-electron chi connectivity index (χ1n) is 8.69. The Morgan fingerprint density at radius 3 is 2.71 bits per heavy atom. The molecule has 0 aliphatic rings. The van der Waals surface area contributed by atoms with Gasteiger partial charge in [-0.05, 0) is 54.7 Å². The first kappa shape index (κ1) is 16.6. The summed E-state index contributed by atoms with van der Waals surface area (Å²) in [6.45, 7) is 4.07. The van der Waals surface area contributed by atoms with E-state index in [1.54, 1.807) is 0 Å². The second-order valence-electron chi connectivity index (χ2n) is 6.62. The molecule has 7 nitrogen and oxygen atoms in total. The molecule has 0 spiro atoms. The molecule has 2 aromatic carbocycles. The second-order valence-corrected chi connectivity index (χ2v) is 7.37. The summed E-state index contributed by atoms with van der Waals surface area (Å²) in [4.78, 5) is 13.6. The van der Waals surface area contributed by atoms with Crippen LogP contribution in [0, 0.1) is 13.8 Å². The summed E-state index contributed by atoms with van der Waals surface area (Å²) in [6.07, 6.45) is 1.45. The lowest BCUT2D eigenvalue weighted by Gasteiger charge is -2.04. The highest BCUT2D eigenvalue weighted by molar-refractivity contribution is 7.13. The number of hydrogen-bond donors (Lipinski definition) is 2. The van der Waals surface area contributed by atoms with Crippen molar-refractivity contribution in [1.29, 1.82) is 0 Å². The van der Waals surface area contributed by atoms with Gasteiger partial charge in [-0.3, -0.25) is 0 Å². The van der Waals surface area contributed by atoms with Gasteiger partial charge in [0.1, 0.15) is 22.5 Å². The fourth-order valence-electron chi connectivity index (χ4n) is 3.27. The molecule has 5 aromatic rings. The Balaban J connectivity index is 1.46. The SMILES string of the molecule is Cc1cc(C)c2oc(Nc3ccc(-c4nsc5ncnc(N)c45)cc3)nc2c1. The van der Waals surface area contributed by atoms with Crippen LogP contribution in [-0.2, 0) is 0 Å². The van der Waals surface area contributed by atoms with Crippen molar-refractivity contribution in [2.75, 3.05) is 11.1 Å². The molecule has 0 atom stereocenters. The molecule has 0 unspecified atom stereocenters. The summed E-state index contributed by atoms with van der Waals surface area (Å²) in [6, 6.07) is 12.4. The molecule has 0 aliphatic heterocycles. The van der Waals surface area contributed by atoms with Gasteiger partial charge in [0.2, 0.25) is 0 Å². The van der Waals surface area contributed by atoms with Crippen molar-refractivity contribution < 1.29 is 4.42 Å². The number of fused-ring (bicyclic) bond motifs is 2. The van der Waals surface area contributed by atoms with Crippen LogP contribution in [0.15, 0.2) is 47.1 Å². The molecule has 0 radical (unpaired) electrons. The molecule has 0 saturated heterocycles. The number of benzene rings is 2. The highest BCUT2D eigenvalue weighted by atomic mass is 32.1. The van der Waals surface area contributed by atoms with Crippen LogP contribution in [0.2, 0.25) is 0 Å². The number of nitrogen functional groups attached to an aromatic ring is 1. The fraction of sp³-hybridized carbons (Fsp3) is 0.100. The summed E-state index contributed by atoms with van der Waals surface area (Å²) in [5.41, 5.74) is 12.5. The van der Waals surface area contributed by atoms with E-state index in [0.717, 1.165) is 49.4 Å². The van der Waals surface area contributed by atoms with E-state index < -0.39 is 0 Å². The van der Waals surface area contributed by atoms with Crippen molar-refractivity contribution in [2.24, 2.45) is 0 Å². The zero-order valence-corrected chi connectivity index (χ0v) is 16.0. The van der Waals surface area contributed by atoms with Crippen LogP contribution in [0.5, 0.6) is 0 Å². The number of hydrogen-bond acceptors (Lipinski definition) is 8. The number of aryl methyl sites for hydroxylation is 2. The number of aromatic nitrogens is 4. The molecule has 8 heteroatoms. The molecule has 0 amide bonds. The third-order valence-corrected chi connectivity index (χ3v) is 5.29. The molecular weight excluding hydrogens is 372 g/mol. The molecule has 3 heterocycles. The quantitative estimate of drug-likeness (QED) is 0.456. The lowest BCUT2D eigenvalue weighted by Crippen LogP contribution is -1.93. The fourth-order valence-corrected chi connectivity index (χ4v) is 4.03. The predicted molar refractivity (Wildman–Crippen MR) is 112 cm³/mol. The summed E-state index contributed by atoms with van der Waals surface area (Å²) in [5, 5.41) is 4.01. The number of anilines is 3. The Bertz CT molecular complexity index is 1320. The molecule has 28 heavy (non-hydrogen) atoms. The summed E-state index contributed by atoms with van der Waals surface area (Å²) in [5.74, 6) is 0.438. The Kier molecular flexibility index (Phi) is 3.73. The van der Waals surface area contributed by atoms with Gasteiger partial charge in [0, 0.05) is 11.3 Å². The van der Waals surface area contributed by atoms with Crippen LogP contribution in [-0.4, -0.2) is 19.3 Å². The Hall–Kier alpha value is -3.52. The summed E-state index contributed by atoms with van der Waals surface area (Å²) < 4.78 is 10.4. The zero-order chi connectivity index (χ0) is 19.3. The third-order valence-electron chi connectivity index (χ3n) is 4.53. The van der Waals surface area contributed by atoms with Gasteiger partial charge in [-0.15, -0.1) is 0 Å². The molecular formula is C20H16N6OS. The Morgan fingerprint density at radius 2 is 1.89 bits per heavy atom. The van der Waals surface area contributed by atoms with E-state index in [-0.39, 0.29) is 0 Å². The van der Waals surface area contributed by atoms with Gasteiger partial charge in [0.05, 0.1) is 11.1 Å². The molecule has 3 aromatic heterocycles. The van der Waals surface area contributed by atoms with E-state index >= 15 is 0 Å². The van der Waals surface area contributed by atoms with Crippen molar-refractivity contribution in [1.82, 2.24) is 19.3 Å². The van der Waals surface area contributed by atoms with Gasteiger partial charge < -0.3 is 15.5 Å². The van der Waals surface area contributed by atoms with E-state index in [0.29, 0.717) is 11.8 Å². The van der Waals surface area contributed by atoms with Crippen LogP contribution in [0.4, 0.5) is 17.5 Å². The number of nitrogens with one attached hydrogen (secondary N) is 1. The third kappa shape index (κ3) is 2.74. The monoisotopic (exact) mass is 388 g/mol. The average Bonchev–Trinajstić information content (AvgIpc) is 3.27. The largest absolute Gasteiger partial charge is 0.423 e. The first-order valence-corrected chi connectivity index (χ1v) is 9.47. The Labute approximate surface area is 164 Å². The van der Waals surface area contributed by atoms with E-state index in [4.69, 9.17) is 10.2 Å². The van der Waals surface area contributed by atoms with Crippen molar-refractivity contribution in [3.63, 3.8) is 0 Å². The van der Waals surface area contributed by atoms with Gasteiger partial charge in [-0.2, -0.15) is 9.36 Å². The van der Waals surface area contributed by atoms with Gasteiger partial charge in [0.15, 0.2) is 5.58 Å². The molecule has 0 bridgehead atoms. The van der Waals surface area contributed by atoms with Crippen molar-refractivity contribution in [3.05, 3.63) is 53.9 Å². The van der Waals surface area contributed by atoms with Crippen molar-refractivity contribution >= 4 is 50.4 Å². The highest BCUT2D eigenvalue weighted by Gasteiger charge is 2.14. The van der Waals surface area contributed by atoms with Gasteiger partial charge in [0.25, 0.3) is 6.01 Å². The topological polar surface area (TPSA) is 103 Å².